The summed E-state index contributed by atoms with van der Waals surface area (Å²) < 4.78 is 10.6. The molecule has 0 aromatic heterocycles. The van der Waals surface area contributed by atoms with E-state index in [1.807, 2.05) is 0 Å². The number of esters is 1. The fourth-order valence-corrected chi connectivity index (χ4v) is 2.34. The van der Waals surface area contributed by atoms with E-state index >= 15 is 0 Å². The Hall–Kier alpha value is -1.26. The fourth-order valence-electron chi connectivity index (χ4n) is 2.34. The van der Waals surface area contributed by atoms with Crippen LogP contribution in [-0.4, -0.2) is 31.8 Å². The molecule has 6 nitrogen and oxygen atoms in total. The summed E-state index contributed by atoms with van der Waals surface area (Å²) in [6.45, 7) is 1.49. The molecular weight excluding hydrogens is 198 g/mol. The Balaban J connectivity index is 2.12. The van der Waals surface area contributed by atoms with Crippen molar-refractivity contribution in [2.45, 2.75) is 25.4 Å². The first kappa shape index (κ1) is 10.3. The summed E-state index contributed by atoms with van der Waals surface area (Å²) in [6, 6.07) is 0. The molecule has 0 radical (unpaired) electrons. The average molecular weight is 211 g/mol. The van der Waals surface area contributed by atoms with Crippen LogP contribution in [0.5, 0.6) is 0 Å². The molecule has 82 valence electrons. The Morgan fingerprint density at radius 2 is 2.53 bits per heavy atom. The van der Waals surface area contributed by atoms with Crippen LogP contribution >= 0.6 is 0 Å². The van der Waals surface area contributed by atoms with Gasteiger partial charge >= 0.3 is 5.97 Å². The van der Waals surface area contributed by atoms with Crippen LogP contribution in [0.25, 0.3) is 10.4 Å². The largest absolute Gasteiger partial charge is 0.462 e. The van der Waals surface area contributed by atoms with Crippen LogP contribution in [0.2, 0.25) is 0 Å². The summed E-state index contributed by atoms with van der Waals surface area (Å²) in [5.74, 6) is -0.210. The molecule has 0 aliphatic carbocycles. The minimum atomic E-state index is -0.304. The Morgan fingerprint density at radius 3 is 3.20 bits per heavy atom. The van der Waals surface area contributed by atoms with Crippen molar-refractivity contribution < 1.29 is 14.3 Å². The van der Waals surface area contributed by atoms with Gasteiger partial charge in [-0.3, -0.25) is 4.79 Å². The van der Waals surface area contributed by atoms with Gasteiger partial charge in [-0.25, -0.2) is 0 Å². The van der Waals surface area contributed by atoms with Crippen molar-refractivity contribution in [3.05, 3.63) is 10.4 Å². The monoisotopic (exact) mass is 211 g/mol. The minimum Gasteiger partial charge on any atom is -0.462 e. The van der Waals surface area contributed by atoms with Crippen LogP contribution < -0.4 is 0 Å². The highest BCUT2D eigenvalue weighted by molar-refractivity contribution is 5.73. The van der Waals surface area contributed by atoms with Gasteiger partial charge in [-0.2, -0.15) is 0 Å². The third-order valence-electron chi connectivity index (χ3n) is 3.12. The maximum absolute atomic E-state index is 11.3. The van der Waals surface area contributed by atoms with E-state index in [0.29, 0.717) is 13.0 Å². The second-order valence-corrected chi connectivity index (χ2v) is 4.09. The molecule has 15 heavy (non-hydrogen) atoms. The smallest absolute Gasteiger partial charge is 0.306 e. The van der Waals surface area contributed by atoms with Crippen molar-refractivity contribution >= 4 is 5.97 Å². The number of cyclic esters (lactones) is 1. The van der Waals surface area contributed by atoms with Crippen LogP contribution in [0.1, 0.15) is 19.3 Å². The van der Waals surface area contributed by atoms with Gasteiger partial charge < -0.3 is 9.47 Å². The Kier molecular flexibility index (Phi) is 2.79. The van der Waals surface area contributed by atoms with Gasteiger partial charge in [-0.1, -0.05) is 5.11 Å². The van der Waals surface area contributed by atoms with E-state index in [9.17, 15) is 4.79 Å². The van der Waals surface area contributed by atoms with Crippen molar-refractivity contribution in [3.63, 3.8) is 0 Å². The first-order chi connectivity index (χ1) is 7.27. The SMILES string of the molecule is [N-]=[N+]=NCC1OC(=O)CC12CCCOC2. The lowest BCUT2D eigenvalue weighted by molar-refractivity contribution is -0.141. The minimum absolute atomic E-state index is 0.210. The number of azide groups is 1. The standard InChI is InChI=1S/C9H13N3O3/c10-12-11-5-7-9(4-8(13)15-7)2-1-3-14-6-9/h7H,1-6H2. The van der Waals surface area contributed by atoms with Crippen molar-refractivity contribution in [2.75, 3.05) is 19.8 Å². The summed E-state index contributed by atoms with van der Waals surface area (Å²) in [6.07, 6.45) is 1.92. The summed E-state index contributed by atoms with van der Waals surface area (Å²) in [5.41, 5.74) is 8.02. The van der Waals surface area contributed by atoms with Gasteiger partial charge in [0.25, 0.3) is 0 Å². The van der Waals surface area contributed by atoms with Gasteiger partial charge in [0.05, 0.1) is 19.6 Å². The zero-order chi connectivity index (χ0) is 10.7. The van der Waals surface area contributed by atoms with Crippen molar-refractivity contribution in [3.8, 4) is 0 Å². The van der Waals surface area contributed by atoms with Crippen LogP contribution in [0.15, 0.2) is 5.11 Å². The second-order valence-electron chi connectivity index (χ2n) is 4.09. The van der Waals surface area contributed by atoms with Crippen LogP contribution in [0, 0.1) is 5.41 Å². The zero-order valence-electron chi connectivity index (χ0n) is 8.39. The van der Waals surface area contributed by atoms with E-state index in [1.54, 1.807) is 0 Å². The molecule has 2 saturated heterocycles. The van der Waals surface area contributed by atoms with Gasteiger partial charge in [0.15, 0.2) is 0 Å². The maximum atomic E-state index is 11.3. The molecule has 2 rings (SSSR count). The molecule has 2 heterocycles. The Morgan fingerprint density at radius 1 is 1.67 bits per heavy atom. The van der Waals surface area contributed by atoms with Crippen LogP contribution in [0.3, 0.4) is 0 Å². The molecule has 0 bridgehead atoms. The topological polar surface area (TPSA) is 84.3 Å². The van der Waals surface area contributed by atoms with E-state index < -0.39 is 0 Å². The summed E-state index contributed by atoms with van der Waals surface area (Å²) in [5, 5.41) is 3.49. The first-order valence-electron chi connectivity index (χ1n) is 5.05. The molecule has 0 aromatic rings. The number of carbonyl (C=O) groups is 1. The quantitative estimate of drug-likeness (QED) is 0.299. The highest BCUT2D eigenvalue weighted by Gasteiger charge is 2.49. The number of hydrogen-bond acceptors (Lipinski definition) is 4. The highest BCUT2D eigenvalue weighted by atomic mass is 16.6. The van der Waals surface area contributed by atoms with Crippen molar-refractivity contribution in [1.82, 2.24) is 0 Å². The molecule has 6 heteroatoms. The Bertz CT molecular complexity index is 306. The third-order valence-corrected chi connectivity index (χ3v) is 3.12. The van der Waals surface area contributed by atoms with Crippen molar-refractivity contribution in [1.29, 1.82) is 0 Å². The Labute approximate surface area is 87.2 Å². The number of ether oxygens (including phenoxy) is 2. The van der Waals surface area contributed by atoms with E-state index in [4.69, 9.17) is 15.0 Å². The van der Waals surface area contributed by atoms with E-state index in [0.717, 1.165) is 19.4 Å². The van der Waals surface area contributed by atoms with Crippen LogP contribution in [0.4, 0.5) is 0 Å². The first-order valence-corrected chi connectivity index (χ1v) is 5.05. The lowest BCUT2D eigenvalue weighted by atomic mass is 9.76. The van der Waals surface area contributed by atoms with Crippen molar-refractivity contribution in [2.24, 2.45) is 10.5 Å². The molecule has 0 saturated carbocycles. The molecular formula is C9H13N3O3. The zero-order valence-corrected chi connectivity index (χ0v) is 8.39. The molecule has 2 unspecified atom stereocenters. The van der Waals surface area contributed by atoms with Gasteiger partial charge in [0.1, 0.15) is 6.10 Å². The highest BCUT2D eigenvalue weighted by Crippen LogP contribution is 2.42. The lowest BCUT2D eigenvalue weighted by Crippen LogP contribution is -2.40. The predicted molar refractivity (Wildman–Crippen MR) is 51.0 cm³/mol. The molecule has 2 fully saturated rings. The molecule has 0 amide bonds. The van der Waals surface area contributed by atoms with E-state index in [-0.39, 0.29) is 24.0 Å². The normalized spacial score (nSPS) is 34.9. The van der Waals surface area contributed by atoms with Gasteiger partial charge in [0, 0.05) is 16.9 Å². The number of carbonyl (C=O) groups excluding carboxylic acids is 1. The van der Waals surface area contributed by atoms with Gasteiger partial charge in [0.2, 0.25) is 0 Å². The van der Waals surface area contributed by atoms with E-state index in [1.165, 1.54) is 0 Å². The number of nitrogens with zero attached hydrogens (tertiary/aromatic N) is 3. The van der Waals surface area contributed by atoms with Gasteiger partial charge in [-0.15, -0.1) is 0 Å². The molecule has 0 aromatic carbocycles. The molecule has 0 N–H and O–H groups in total. The fraction of sp³-hybridized carbons (Fsp3) is 0.889. The second kappa shape index (κ2) is 4.08. The number of rotatable bonds is 2. The van der Waals surface area contributed by atoms with E-state index in [2.05, 4.69) is 10.0 Å². The van der Waals surface area contributed by atoms with Crippen LogP contribution in [-0.2, 0) is 14.3 Å². The third kappa shape index (κ3) is 1.91. The molecule has 2 aliphatic heterocycles. The lowest BCUT2D eigenvalue weighted by Gasteiger charge is -2.35. The predicted octanol–water partition coefficient (Wildman–Crippen LogP) is 1.41. The van der Waals surface area contributed by atoms with Gasteiger partial charge in [-0.05, 0) is 18.4 Å². The average Bonchev–Trinajstić information content (AvgIpc) is 2.53. The summed E-state index contributed by atoms with van der Waals surface area (Å²) >= 11 is 0. The maximum Gasteiger partial charge on any atom is 0.306 e. The number of hydrogen-bond donors (Lipinski definition) is 0. The summed E-state index contributed by atoms with van der Waals surface area (Å²) in [7, 11) is 0. The molecule has 2 atom stereocenters. The molecule has 2 aliphatic rings. The molecule has 1 spiro atoms. The summed E-state index contributed by atoms with van der Waals surface area (Å²) in [4.78, 5) is 14.0.